The minimum atomic E-state index is -2.99. The molecule has 0 aromatic rings. The summed E-state index contributed by atoms with van der Waals surface area (Å²) in [6.45, 7) is 58.6. The number of hydrogen-bond donors (Lipinski definition) is 0. The zero-order valence-electron chi connectivity index (χ0n) is 64.8. The van der Waals surface area contributed by atoms with Crippen LogP contribution in [0.4, 0.5) is 0 Å². The van der Waals surface area contributed by atoms with Crippen molar-refractivity contribution in [2.45, 2.75) is 314 Å². The molecule has 11 heterocycles. The molecule has 0 amide bonds. The normalized spacial score (nSPS) is 31.9. The molecule has 8 fully saturated rings. The lowest BCUT2D eigenvalue weighted by Crippen LogP contribution is -2.48. The molecule has 0 saturated carbocycles. The van der Waals surface area contributed by atoms with Crippen LogP contribution in [-0.4, -0.2) is 178 Å². The van der Waals surface area contributed by atoms with Gasteiger partial charge in [0.05, 0.1) is 48.7 Å². The van der Waals surface area contributed by atoms with Gasteiger partial charge >= 0.3 is 0 Å². The number of carbonyl (C=O) groups excluding carboxylic acids is 2. The number of fused-ring (bicyclic) bond motifs is 1. The van der Waals surface area contributed by atoms with E-state index in [0.717, 1.165) is 78.6 Å². The Morgan fingerprint density at radius 1 is 0.385 bits per heavy atom. The Labute approximate surface area is 634 Å². The van der Waals surface area contributed by atoms with Crippen molar-refractivity contribution in [1.29, 1.82) is 0 Å². The van der Waals surface area contributed by atoms with Gasteiger partial charge in [-0.1, -0.05) is 75.0 Å². The van der Waals surface area contributed by atoms with Crippen LogP contribution in [0.25, 0.3) is 0 Å². The highest BCUT2D eigenvalue weighted by Crippen LogP contribution is 2.58. The van der Waals surface area contributed by atoms with Crippen molar-refractivity contribution >= 4 is 169 Å². The molecule has 0 bridgehead atoms. The Balaban J connectivity index is 0.000000365. The maximum absolute atomic E-state index is 11.8. The lowest BCUT2D eigenvalue weighted by atomic mass is 9.88. The fraction of sp³-hybridized carbons (Fsp3) is 0.889. The van der Waals surface area contributed by atoms with E-state index in [9.17, 15) is 39.1 Å². The number of thioether (sulfide) groups is 9. The third kappa shape index (κ3) is 32.6. The van der Waals surface area contributed by atoms with E-state index in [1.807, 2.05) is 76.8 Å². The zero-order chi connectivity index (χ0) is 74.4. The number of allylic oxidation sites excluding steroid dienone is 3. The largest absolute Gasteiger partial charge is 0.362 e. The molecule has 0 spiro atoms. The number of ketones is 2. The lowest BCUT2D eigenvalue weighted by Gasteiger charge is -2.33. The molecular weight excluding hydrogens is 1470 g/mol. The number of sulfone groups is 2. The molecule has 5 unspecified atom stereocenters. The maximum atomic E-state index is 11.8. The number of carbonyl (C=O) groups is 2. The minimum Gasteiger partial charge on any atom is -0.362 e. The van der Waals surface area contributed by atoms with Gasteiger partial charge in [-0.3, -0.25) is 22.2 Å². The maximum Gasteiger partial charge on any atom is 0.159 e. The summed E-state index contributed by atoms with van der Waals surface area (Å²) in [5.41, 5.74) is 7.57. The van der Waals surface area contributed by atoms with Crippen LogP contribution >= 0.6 is 106 Å². The zero-order valence-corrected chi connectivity index (χ0v) is 76.2. The third-order valence-corrected chi connectivity index (χ3v) is 44.6. The van der Waals surface area contributed by atoms with Crippen molar-refractivity contribution < 1.29 is 43.8 Å². The first-order valence-electron chi connectivity index (χ1n) is 34.2. The molecule has 0 N–H and O–H groups in total. The molecule has 11 rings (SSSR count). The second-order valence-corrected chi connectivity index (χ2v) is 61.0. The van der Waals surface area contributed by atoms with Crippen molar-refractivity contribution in [1.82, 2.24) is 0 Å². The first-order valence-corrected chi connectivity index (χ1v) is 50.4. The highest BCUT2D eigenvalue weighted by molar-refractivity contribution is 8.21. The number of rotatable bonds is 0. The van der Waals surface area contributed by atoms with Crippen molar-refractivity contribution in [3.05, 3.63) is 33.4 Å². The molecule has 96 heavy (non-hydrogen) atoms. The van der Waals surface area contributed by atoms with E-state index in [0.29, 0.717) is 42.1 Å². The molecule has 5 atom stereocenters. The summed E-state index contributed by atoms with van der Waals surface area (Å²) >= 11 is 17.7. The van der Waals surface area contributed by atoms with E-state index in [1.165, 1.54) is 64.1 Å². The summed E-state index contributed by atoms with van der Waals surface area (Å²) in [4.78, 5) is 21.6. The van der Waals surface area contributed by atoms with Crippen LogP contribution in [0.15, 0.2) is 33.4 Å². The van der Waals surface area contributed by atoms with Gasteiger partial charge in [0.15, 0.2) is 19.7 Å². The van der Waals surface area contributed by atoms with Crippen molar-refractivity contribution in [2.75, 3.05) is 80.5 Å². The van der Waals surface area contributed by atoms with Gasteiger partial charge in [-0.15, -0.1) is 82.3 Å². The van der Waals surface area contributed by atoms with Crippen LogP contribution in [0.1, 0.15) is 258 Å². The molecule has 10 nitrogen and oxygen atoms in total. The van der Waals surface area contributed by atoms with Gasteiger partial charge in [0.25, 0.3) is 0 Å². The lowest BCUT2D eigenvalue weighted by molar-refractivity contribution is -0.119. The number of Topliss-reactive ketones (excluding diaryl/α,β-unsaturated/α-hetero) is 2. The molecule has 0 aromatic carbocycles. The highest BCUT2D eigenvalue weighted by Gasteiger charge is 2.71. The first kappa shape index (κ1) is 94.1. The smallest absolute Gasteiger partial charge is 0.159 e. The Bertz CT molecular complexity index is 2980. The SMILES string of the molecule is CC1(C)CC(=O)CCS1.CC1(C)CCC(=O)CS1.CC1(C)SCCCS1.CC1(C)SCCCS1=O.CC1(C)SCCS1.CC1(C)SCCS1=O.CC12CC(C)(C)S(=O)(=O)CC1(C)O2.CC1=C(C)CC(C)(C)S(=O)C1.CC1=C(C)CC(C)(C)SC1.CC1=C(C)CS(=O)(=O)C(C)(C)C1. The predicted molar refractivity (Wildman–Crippen MR) is 449 cm³/mol. The summed E-state index contributed by atoms with van der Waals surface area (Å²) in [5, 5.41) is 0. The number of epoxide rings is 1. The number of hydrogen-bond acceptors (Lipinski definition) is 19. The van der Waals surface area contributed by atoms with E-state index >= 15 is 0 Å². The molecule has 0 aliphatic carbocycles. The standard InChI is InChI=1S/C9H16O3S.C9H16O2S.C9H16OS.C9H16S.2C7H12OS.C6H12OS2.C6H12S2.C5H10OS2.C5H10S2/c1-7(2)5-8(3)9(4,12-8)6-13(7,10)11;1-7-5-9(3,4)12(10,11)6-8(7)2;1-7-5-9(3,4)11(10)6-8(7)2;1-7-5-9(3,4)10-6-8(7)2;1-7(2)5-6(8)3-4-9-7;1-7(2)4-3-6(8)5-9-7;1-6(2)8-4-3-5-9(6)7;1-6(2)7-4-3-5-8-6;1-5(2)7-3-4-8(5)6;1-5(2)6-3-4-7-5/h5-6H2,1-4H3;5-6H2,1-4H3;5-6H2,1-4H3;5-6H2,1-4H3;3*3-5H2,1-2H3;3-5H2,1-2H3;3-4H2,1-2H3;3-4H2,1-2H3. The van der Waals surface area contributed by atoms with Crippen LogP contribution in [0.2, 0.25) is 0 Å². The second kappa shape index (κ2) is 38.2. The molecule has 11 aliphatic heterocycles. The van der Waals surface area contributed by atoms with Gasteiger partial charge in [0.1, 0.15) is 17.2 Å². The summed E-state index contributed by atoms with van der Waals surface area (Å²) in [7, 11) is -7.71. The summed E-state index contributed by atoms with van der Waals surface area (Å²) < 4.78 is 87.1. The van der Waals surface area contributed by atoms with Gasteiger partial charge in [0, 0.05) is 117 Å². The molecular formula is C72H132O10S14. The second-order valence-electron chi connectivity index (χ2n) is 32.9. The van der Waals surface area contributed by atoms with Crippen molar-refractivity contribution in [2.24, 2.45) is 0 Å². The van der Waals surface area contributed by atoms with Crippen LogP contribution in [0.3, 0.4) is 0 Å². The average Bonchev–Trinajstić information content (AvgIpc) is 1.52. The van der Waals surface area contributed by atoms with Gasteiger partial charge in [-0.2, -0.15) is 23.5 Å². The van der Waals surface area contributed by atoms with Gasteiger partial charge in [-0.25, -0.2) is 16.8 Å². The molecule has 8 saturated heterocycles. The number of ether oxygens (including phenoxy) is 1. The molecule has 0 radical (unpaired) electrons. The molecule has 0 aromatic heterocycles. The van der Waals surface area contributed by atoms with Crippen LogP contribution in [0, 0.1) is 0 Å². The van der Waals surface area contributed by atoms with Crippen molar-refractivity contribution in [3.8, 4) is 0 Å². The quantitative estimate of drug-likeness (QED) is 0.166. The van der Waals surface area contributed by atoms with Gasteiger partial charge in [-0.05, 0) is 215 Å². The Hall–Kier alpha value is 2.02. The fourth-order valence-electron chi connectivity index (χ4n) is 11.3. The highest BCUT2D eigenvalue weighted by atomic mass is 32.2. The van der Waals surface area contributed by atoms with Crippen LogP contribution < -0.4 is 0 Å². The molecule has 11 aliphatic rings. The van der Waals surface area contributed by atoms with E-state index in [-0.39, 0.29) is 34.8 Å². The van der Waals surface area contributed by atoms with E-state index in [1.54, 1.807) is 50.6 Å². The Morgan fingerprint density at radius 3 is 1.19 bits per heavy atom. The monoisotopic (exact) mass is 1600 g/mol. The van der Waals surface area contributed by atoms with E-state index < -0.39 is 67.2 Å². The molecule has 564 valence electrons. The average molecular weight is 1610 g/mol. The Kier molecular flexibility index (Phi) is 37.4. The fourth-order valence-corrected chi connectivity index (χ4v) is 30.5. The van der Waals surface area contributed by atoms with Gasteiger partial charge in [0.2, 0.25) is 0 Å². The van der Waals surface area contributed by atoms with Gasteiger partial charge < -0.3 is 4.74 Å². The van der Waals surface area contributed by atoms with Crippen LogP contribution in [0.5, 0.6) is 0 Å². The first-order chi connectivity index (χ1) is 43.2. The molecule has 24 heteroatoms. The third-order valence-electron chi connectivity index (χ3n) is 18.8. The van der Waals surface area contributed by atoms with E-state index in [2.05, 4.69) is 183 Å². The summed E-state index contributed by atoms with van der Waals surface area (Å²) in [5.74, 6) is 14.5. The summed E-state index contributed by atoms with van der Waals surface area (Å²) in [6.07, 6.45) is 9.47. The summed E-state index contributed by atoms with van der Waals surface area (Å²) in [6, 6.07) is 0. The van der Waals surface area contributed by atoms with E-state index in [4.69, 9.17) is 4.74 Å². The van der Waals surface area contributed by atoms with Crippen LogP contribution in [-0.2, 0) is 66.4 Å². The topological polar surface area (TPSA) is 166 Å². The van der Waals surface area contributed by atoms with Crippen molar-refractivity contribution in [3.63, 3.8) is 0 Å². The predicted octanol–water partition coefficient (Wildman–Crippen LogP) is 19.9. The Morgan fingerprint density at radius 2 is 0.854 bits per heavy atom. The minimum absolute atomic E-state index is 0.00356.